The van der Waals surface area contributed by atoms with Gasteiger partial charge in [-0.2, -0.15) is 0 Å². The van der Waals surface area contributed by atoms with Crippen LogP contribution in [0.4, 0.5) is 20.3 Å². The van der Waals surface area contributed by atoms with E-state index in [0.717, 1.165) is 38.1 Å². The van der Waals surface area contributed by atoms with Crippen molar-refractivity contribution in [2.45, 2.75) is 12.8 Å². The van der Waals surface area contributed by atoms with Gasteiger partial charge in [0, 0.05) is 25.2 Å². The molecule has 1 N–H and O–H groups in total. The molecule has 1 aliphatic rings. The number of nitrogens with zero attached hydrogens (tertiary/aromatic N) is 3. The lowest BCUT2D eigenvalue weighted by molar-refractivity contribution is 0.0787. The minimum atomic E-state index is -0.731. The summed E-state index contributed by atoms with van der Waals surface area (Å²) in [5, 5.41) is 2.72. The Morgan fingerprint density at radius 1 is 1.14 bits per heavy atom. The Labute approximate surface area is 126 Å². The number of aromatic nitrogens is 2. The molecule has 1 aromatic carbocycles. The van der Waals surface area contributed by atoms with E-state index in [1.807, 2.05) is 0 Å². The molecule has 0 atom stereocenters. The van der Waals surface area contributed by atoms with Crippen molar-refractivity contribution < 1.29 is 13.6 Å². The summed E-state index contributed by atoms with van der Waals surface area (Å²) in [6, 6.07) is 4.65. The standard InChI is InChI=1S/C15H14F2N4O/c16-10-3-4-12(11(17)7-10)20-14-8-13(18-9-19-14)15(22)21-5-1-2-6-21/h3-4,7-9H,1-2,5-6H2,(H,18,19,20). The van der Waals surface area contributed by atoms with E-state index in [1.54, 1.807) is 4.90 Å². The average molecular weight is 304 g/mol. The molecule has 0 spiro atoms. The van der Waals surface area contributed by atoms with Gasteiger partial charge in [0.25, 0.3) is 5.91 Å². The third-order valence-electron chi connectivity index (χ3n) is 3.47. The van der Waals surface area contributed by atoms with E-state index in [-0.39, 0.29) is 23.1 Å². The normalized spacial score (nSPS) is 14.2. The minimum Gasteiger partial charge on any atom is -0.338 e. The number of hydrogen-bond donors (Lipinski definition) is 1. The lowest BCUT2D eigenvalue weighted by Gasteiger charge is -2.14. The monoisotopic (exact) mass is 304 g/mol. The molecule has 0 saturated carbocycles. The van der Waals surface area contributed by atoms with Crippen molar-refractivity contribution in [1.29, 1.82) is 0 Å². The minimum absolute atomic E-state index is 0.0830. The fourth-order valence-electron chi connectivity index (χ4n) is 2.35. The van der Waals surface area contributed by atoms with Gasteiger partial charge < -0.3 is 10.2 Å². The Morgan fingerprint density at radius 2 is 1.91 bits per heavy atom. The fourth-order valence-corrected chi connectivity index (χ4v) is 2.35. The number of hydrogen-bond acceptors (Lipinski definition) is 4. The first-order chi connectivity index (χ1) is 10.6. The zero-order valence-corrected chi connectivity index (χ0v) is 11.7. The molecule has 2 aromatic rings. The Kier molecular flexibility index (Phi) is 3.95. The highest BCUT2D eigenvalue weighted by Gasteiger charge is 2.21. The van der Waals surface area contributed by atoms with Crippen LogP contribution in [0, 0.1) is 11.6 Å². The third-order valence-corrected chi connectivity index (χ3v) is 3.47. The summed E-state index contributed by atoms with van der Waals surface area (Å²) in [5.41, 5.74) is 0.335. The number of amides is 1. The molecule has 5 nitrogen and oxygen atoms in total. The summed E-state index contributed by atoms with van der Waals surface area (Å²) in [7, 11) is 0. The molecule has 1 aliphatic heterocycles. The lowest BCUT2D eigenvalue weighted by atomic mass is 10.3. The number of benzene rings is 1. The first kappa shape index (κ1) is 14.4. The number of nitrogens with one attached hydrogen (secondary N) is 1. The Morgan fingerprint density at radius 3 is 2.64 bits per heavy atom. The SMILES string of the molecule is O=C(c1cc(Nc2ccc(F)cc2F)ncn1)N1CCCC1. The van der Waals surface area contributed by atoms with E-state index in [1.165, 1.54) is 18.5 Å². The van der Waals surface area contributed by atoms with Crippen LogP contribution in [0.3, 0.4) is 0 Å². The highest BCUT2D eigenvalue weighted by molar-refractivity contribution is 5.93. The topological polar surface area (TPSA) is 58.1 Å². The van der Waals surface area contributed by atoms with E-state index >= 15 is 0 Å². The summed E-state index contributed by atoms with van der Waals surface area (Å²) in [5.74, 6) is -1.27. The molecule has 7 heteroatoms. The average Bonchev–Trinajstić information content (AvgIpc) is 3.04. The quantitative estimate of drug-likeness (QED) is 0.947. The third kappa shape index (κ3) is 3.03. The fraction of sp³-hybridized carbons (Fsp3) is 0.267. The Balaban J connectivity index is 1.80. The van der Waals surface area contributed by atoms with Gasteiger partial charge >= 0.3 is 0 Å². The summed E-state index contributed by atoms with van der Waals surface area (Å²) >= 11 is 0. The van der Waals surface area contributed by atoms with Gasteiger partial charge in [-0.25, -0.2) is 18.7 Å². The number of carbonyl (C=O) groups excluding carboxylic acids is 1. The smallest absolute Gasteiger partial charge is 0.272 e. The van der Waals surface area contributed by atoms with Crippen LogP contribution >= 0.6 is 0 Å². The molecule has 0 bridgehead atoms. The maximum Gasteiger partial charge on any atom is 0.272 e. The van der Waals surface area contributed by atoms with Crippen LogP contribution in [0.1, 0.15) is 23.3 Å². The maximum absolute atomic E-state index is 13.6. The van der Waals surface area contributed by atoms with Crippen molar-refractivity contribution in [2.75, 3.05) is 18.4 Å². The molecule has 2 heterocycles. The van der Waals surface area contributed by atoms with Crippen LogP contribution in [0.15, 0.2) is 30.6 Å². The summed E-state index contributed by atoms with van der Waals surface area (Å²) in [6.07, 6.45) is 3.22. The number of carbonyl (C=O) groups is 1. The van der Waals surface area contributed by atoms with Crippen LogP contribution in [0.5, 0.6) is 0 Å². The van der Waals surface area contributed by atoms with E-state index in [4.69, 9.17) is 0 Å². The molecule has 22 heavy (non-hydrogen) atoms. The molecule has 1 amide bonds. The van der Waals surface area contributed by atoms with E-state index < -0.39 is 11.6 Å². The summed E-state index contributed by atoms with van der Waals surface area (Å²) in [4.78, 5) is 21.9. The number of likely N-dealkylation sites (tertiary alicyclic amines) is 1. The number of rotatable bonds is 3. The van der Waals surface area contributed by atoms with E-state index in [9.17, 15) is 13.6 Å². The van der Waals surface area contributed by atoms with Crippen LogP contribution in [-0.2, 0) is 0 Å². The van der Waals surface area contributed by atoms with Crippen LogP contribution < -0.4 is 5.32 Å². The highest BCUT2D eigenvalue weighted by Crippen LogP contribution is 2.20. The van der Waals surface area contributed by atoms with Gasteiger partial charge in [-0.3, -0.25) is 4.79 Å². The lowest BCUT2D eigenvalue weighted by Crippen LogP contribution is -2.28. The van der Waals surface area contributed by atoms with Gasteiger partial charge in [0.1, 0.15) is 29.5 Å². The second kappa shape index (κ2) is 6.05. The van der Waals surface area contributed by atoms with Gasteiger partial charge in [0.2, 0.25) is 0 Å². The Bertz CT molecular complexity index is 702. The van der Waals surface area contributed by atoms with Crippen molar-refractivity contribution in [3.05, 3.63) is 47.9 Å². The largest absolute Gasteiger partial charge is 0.338 e. The van der Waals surface area contributed by atoms with Crippen LogP contribution in [-0.4, -0.2) is 33.9 Å². The molecule has 0 aliphatic carbocycles. The van der Waals surface area contributed by atoms with Crippen molar-refractivity contribution in [3.63, 3.8) is 0 Å². The van der Waals surface area contributed by atoms with Crippen molar-refractivity contribution in [1.82, 2.24) is 14.9 Å². The summed E-state index contributed by atoms with van der Waals surface area (Å²) in [6.45, 7) is 1.44. The predicted octanol–water partition coefficient (Wildman–Crippen LogP) is 2.73. The van der Waals surface area contributed by atoms with Gasteiger partial charge in [-0.1, -0.05) is 0 Å². The van der Waals surface area contributed by atoms with E-state index in [2.05, 4.69) is 15.3 Å². The number of anilines is 2. The van der Waals surface area contributed by atoms with Crippen molar-refractivity contribution in [3.8, 4) is 0 Å². The molecule has 1 aromatic heterocycles. The summed E-state index contributed by atoms with van der Waals surface area (Å²) < 4.78 is 26.5. The molecule has 3 rings (SSSR count). The predicted molar refractivity (Wildman–Crippen MR) is 76.8 cm³/mol. The molecule has 0 unspecified atom stereocenters. The van der Waals surface area contributed by atoms with Crippen LogP contribution in [0.25, 0.3) is 0 Å². The molecular formula is C15H14F2N4O. The van der Waals surface area contributed by atoms with Gasteiger partial charge in [-0.05, 0) is 25.0 Å². The van der Waals surface area contributed by atoms with Gasteiger partial charge in [0.15, 0.2) is 0 Å². The molecule has 1 saturated heterocycles. The maximum atomic E-state index is 13.6. The van der Waals surface area contributed by atoms with Gasteiger partial charge in [0.05, 0.1) is 5.69 Å². The Hall–Kier alpha value is -2.57. The van der Waals surface area contributed by atoms with Crippen molar-refractivity contribution >= 4 is 17.4 Å². The van der Waals surface area contributed by atoms with Gasteiger partial charge in [-0.15, -0.1) is 0 Å². The second-order valence-electron chi connectivity index (χ2n) is 5.04. The number of halogens is 2. The zero-order valence-electron chi connectivity index (χ0n) is 11.7. The molecule has 1 fully saturated rings. The molecule has 0 radical (unpaired) electrons. The first-order valence-electron chi connectivity index (χ1n) is 6.97. The van der Waals surface area contributed by atoms with Crippen LogP contribution in [0.2, 0.25) is 0 Å². The molecular weight excluding hydrogens is 290 g/mol. The van der Waals surface area contributed by atoms with E-state index in [0.29, 0.717) is 0 Å². The molecule has 114 valence electrons. The van der Waals surface area contributed by atoms with Crippen molar-refractivity contribution in [2.24, 2.45) is 0 Å². The second-order valence-corrected chi connectivity index (χ2v) is 5.04. The zero-order chi connectivity index (χ0) is 15.5. The first-order valence-corrected chi connectivity index (χ1v) is 6.97. The highest BCUT2D eigenvalue weighted by atomic mass is 19.1.